The minimum absolute atomic E-state index is 0.00602. The summed E-state index contributed by atoms with van der Waals surface area (Å²) in [5.41, 5.74) is 1.47. The standard InChI is InChI=1S/C17H18BrN3O2/c18-14-11-4-1-2-5-12(11)20-15(14)16(23)21-7-3-6-17(10-21)8-13(22)19-9-17/h1-2,4-5,20H,3,6-10H2,(H,19,22). The van der Waals surface area contributed by atoms with Gasteiger partial charge in [0.05, 0.1) is 4.47 Å². The Balaban J connectivity index is 1.63. The summed E-state index contributed by atoms with van der Waals surface area (Å²) in [7, 11) is 0. The minimum atomic E-state index is -0.0799. The average molecular weight is 376 g/mol. The van der Waals surface area contributed by atoms with E-state index in [1.165, 1.54) is 0 Å². The van der Waals surface area contributed by atoms with Crippen LogP contribution in [0.3, 0.4) is 0 Å². The average Bonchev–Trinajstić information content (AvgIpc) is 3.08. The van der Waals surface area contributed by atoms with Gasteiger partial charge < -0.3 is 15.2 Å². The van der Waals surface area contributed by atoms with Gasteiger partial charge in [0.1, 0.15) is 5.69 Å². The van der Waals surface area contributed by atoms with Gasteiger partial charge >= 0.3 is 0 Å². The van der Waals surface area contributed by atoms with Gasteiger partial charge in [0.15, 0.2) is 0 Å². The SMILES string of the molecule is O=C1CC2(CCCN(C(=O)c3[nH]c4ccccc4c3Br)C2)CN1. The maximum atomic E-state index is 13.0. The van der Waals surface area contributed by atoms with Crippen molar-refractivity contribution in [3.63, 3.8) is 0 Å². The van der Waals surface area contributed by atoms with Crippen LogP contribution in [-0.2, 0) is 4.79 Å². The molecule has 1 unspecified atom stereocenters. The number of nitrogens with zero attached hydrogens (tertiary/aromatic N) is 1. The van der Waals surface area contributed by atoms with E-state index in [4.69, 9.17) is 0 Å². The van der Waals surface area contributed by atoms with Crippen molar-refractivity contribution in [3.8, 4) is 0 Å². The zero-order valence-electron chi connectivity index (χ0n) is 12.7. The highest BCUT2D eigenvalue weighted by Gasteiger charge is 2.43. The molecule has 2 aliphatic rings. The van der Waals surface area contributed by atoms with Crippen LogP contribution in [0, 0.1) is 5.41 Å². The topological polar surface area (TPSA) is 65.2 Å². The Labute approximate surface area is 142 Å². The van der Waals surface area contributed by atoms with Crippen LogP contribution in [0.4, 0.5) is 0 Å². The summed E-state index contributed by atoms with van der Waals surface area (Å²) in [5, 5.41) is 3.93. The zero-order valence-corrected chi connectivity index (χ0v) is 14.3. The fourth-order valence-electron chi connectivity index (χ4n) is 3.83. The largest absolute Gasteiger partial charge is 0.355 e. The molecule has 3 heterocycles. The molecule has 1 spiro atoms. The van der Waals surface area contributed by atoms with Crippen LogP contribution in [0.5, 0.6) is 0 Å². The number of aromatic nitrogens is 1. The Morgan fingerprint density at radius 2 is 2.13 bits per heavy atom. The van der Waals surface area contributed by atoms with E-state index in [-0.39, 0.29) is 17.2 Å². The molecule has 2 fully saturated rings. The monoisotopic (exact) mass is 375 g/mol. The Hall–Kier alpha value is -1.82. The quantitative estimate of drug-likeness (QED) is 0.804. The lowest BCUT2D eigenvalue weighted by atomic mass is 9.79. The van der Waals surface area contributed by atoms with Crippen LogP contribution in [0.25, 0.3) is 10.9 Å². The van der Waals surface area contributed by atoms with Crippen molar-refractivity contribution in [2.45, 2.75) is 19.3 Å². The van der Waals surface area contributed by atoms with Gasteiger partial charge in [0, 0.05) is 42.4 Å². The van der Waals surface area contributed by atoms with E-state index in [2.05, 4.69) is 26.2 Å². The maximum absolute atomic E-state index is 13.0. The number of halogens is 1. The lowest BCUT2D eigenvalue weighted by molar-refractivity contribution is -0.119. The summed E-state index contributed by atoms with van der Waals surface area (Å²) in [6.07, 6.45) is 2.48. The molecule has 6 heteroatoms. The third kappa shape index (κ3) is 2.45. The van der Waals surface area contributed by atoms with Gasteiger partial charge in [-0.25, -0.2) is 0 Å². The third-order valence-electron chi connectivity index (χ3n) is 5.00. The number of carbonyl (C=O) groups is 2. The number of para-hydroxylation sites is 1. The van der Waals surface area contributed by atoms with Gasteiger partial charge in [-0.15, -0.1) is 0 Å². The molecule has 0 saturated carbocycles. The predicted molar refractivity (Wildman–Crippen MR) is 91.2 cm³/mol. The molecule has 1 atom stereocenters. The molecule has 1 aromatic carbocycles. The number of H-pyrrole nitrogens is 1. The van der Waals surface area contributed by atoms with E-state index < -0.39 is 0 Å². The Kier molecular flexibility index (Phi) is 3.44. The fraction of sp³-hybridized carbons (Fsp3) is 0.412. The highest BCUT2D eigenvalue weighted by Crippen LogP contribution is 2.37. The summed E-state index contributed by atoms with van der Waals surface area (Å²) >= 11 is 3.56. The summed E-state index contributed by atoms with van der Waals surface area (Å²) in [5.74, 6) is 0.109. The second-order valence-electron chi connectivity index (χ2n) is 6.64. The first-order chi connectivity index (χ1) is 11.1. The highest BCUT2D eigenvalue weighted by molar-refractivity contribution is 9.10. The molecular formula is C17H18BrN3O2. The highest BCUT2D eigenvalue weighted by atomic mass is 79.9. The van der Waals surface area contributed by atoms with Crippen LogP contribution in [0.1, 0.15) is 29.8 Å². The zero-order chi connectivity index (χ0) is 16.0. The van der Waals surface area contributed by atoms with Crippen molar-refractivity contribution in [2.24, 2.45) is 5.41 Å². The van der Waals surface area contributed by atoms with Crippen LogP contribution in [-0.4, -0.2) is 41.3 Å². The van der Waals surface area contributed by atoms with Gasteiger partial charge in [-0.1, -0.05) is 18.2 Å². The summed E-state index contributed by atoms with van der Waals surface area (Å²) in [6, 6.07) is 7.87. The third-order valence-corrected chi connectivity index (χ3v) is 5.82. The normalized spacial score (nSPS) is 24.4. The van der Waals surface area contributed by atoms with Gasteiger partial charge in [-0.3, -0.25) is 9.59 Å². The van der Waals surface area contributed by atoms with Crippen molar-refractivity contribution in [2.75, 3.05) is 19.6 Å². The first-order valence-electron chi connectivity index (χ1n) is 7.90. The predicted octanol–water partition coefficient (Wildman–Crippen LogP) is 2.67. The molecular weight excluding hydrogens is 358 g/mol. The van der Waals surface area contributed by atoms with E-state index in [0.29, 0.717) is 25.2 Å². The second kappa shape index (κ2) is 5.37. The number of likely N-dealkylation sites (tertiary alicyclic amines) is 1. The summed E-state index contributed by atoms with van der Waals surface area (Å²) in [6.45, 7) is 2.08. The van der Waals surface area contributed by atoms with E-state index in [1.54, 1.807) is 0 Å². The summed E-state index contributed by atoms with van der Waals surface area (Å²) in [4.78, 5) is 29.7. The molecule has 120 valence electrons. The van der Waals surface area contributed by atoms with Crippen LogP contribution >= 0.6 is 15.9 Å². The molecule has 0 radical (unpaired) electrons. The van der Waals surface area contributed by atoms with E-state index in [9.17, 15) is 9.59 Å². The Morgan fingerprint density at radius 1 is 1.30 bits per heavy atom. The fourth-order valence-corrected chi connectivity index (χ4v) is 4.45. The second-order valence-corrected chi connectivity index (χ2v) is 7.44. The molecule has 0 bridgehead atoms. The molecule has 2 aromatic rings. The van der Waals surface area contributed by atoms with Crippen LogP contribution in [0.2, 0.25) is 0 Å². The first kappa shape index (κ1) is 14.8. The molecule has 4 rings (SSSR count). The number of aromatic amines is 1. The van der Waals surface area contributed by atoms with Gasteiger partial charge in [0.2, 0.25) is 5.91 Å². The number of benzene rings is 1. The molecule has 1 aromatic heterocycles. The van der Waals surface area contributed by atoms with Crippen molar-refractivity contribution >= 4 is 38.6 Å². The van der Waals surface area contributed by atoms with Crippen molar-refractivity contribution < 1.29 is 9.59 Å². The Morgan fingerprint density at radius 3 is 2.87 bits per heavy atom. The number of nitrogens with one attached hydrogen (secondary N) is 2. The number of rotatable bonds is 1. The smallest absolute Gasteiger partial charge is 0.271 e. The molecule has 2 aliphatic heterocycles. The molecule has 2 amide bonds. The summed E-state index contributed by atoms with van der Waals surface area (Å²) < 4.78 is 0.818. The lowest BCUT2D eigenvalue weighted by Crippen LogP contribution is -2.47. The number of piperidine rings is 1. The number of carbonyl (C=O) groups excluding carboxylic acids is 2. The van der Waals surface area contributed by atoms with Gasteiger partial charge in [-0.05, 0) is 34.8 Å². The molecule has 5 nitrogen and oxygen atoms in total. The van der Waals surface area contributed by atoms with Crippen molar-refractivity contribution in [1.82, 2.24) is 15.2 Å². The van der Waals surface area contributed by atoms with Crippen LogP contribution in [0.15, 0.2) is 28.7 Å². The number of hydrogen-bond acceptors (Lipinski definition) is 2. The minimum Gasteiger partial charge on any atom is -0.355 e. The first-order valence-corrected chi connectivity index (χ1v) is 8.69. The van der Waals surface area contributed by atoms with Crippen molar-refractivity contribution in [1.29, 1.82) is 0 Å². The molecule has 2 saturated heterocycles. The van der Waals surface area contributed by atoms with Gasteiger partial charge in [-0.2, -0.15) is 0 Å². The number of amides is 2. The van der Waals surface area contributed by atoms with E-state index >= 15 is 0 Å². The molecule has 2 N–H and O–H groups in total. The maximum Gasteiger partial charge on any atom is 0.271 e. The van der Waals surface area contributed by atoms with Crippen molar-refractivity contribution in [3.05, 3.63) is 34.4 Å². The Bertz CT molecular complexity index is 800. The lowest BCUT2D eigenvalue weighted by Gasteiger charge is -2.39. The van der Waals surface area contributed by atoms with E-state index in [0.717, 1.165) is 34.8 Å². The molecule has 0 aliphatic carbocycles. The molecule has 23 heavy (non-hydrogen) atoms. The number of fused-ring (bicyclic) bond motifs is 1. The number of hydrogen-bond donors (Lipinski definition) is 2. The van der Waals surface area contributed by atoms with Crippen LogP contribution < -0.4 is 5.32 Å². The van der Waals surface area contributed by atoms with Gasteiger partial charge in [0.25, 0.3) is 5.91 Å². The van der Waals surface area contributed by atoms with E-state index in [1.807, 2.05) is 29.2 Å².